The Balaban J connectivity index is 4.29. The molecule has 0 aliphatic carbocycles. The number of likely N-dealkylation sites (N-methyl/N-ethyl adjacent to an activating group) is 1. The molecule has 0 aromatic carbocycles. The minimum atomic E-state index is -1.13. The van der Waals surface area contributed by atoms with E-state index in [9.17, 15) is 14.4 Å². The molecule has 119 valence electrons. The Morgan fingerprint density at radius 1 is 1.33 bits per heavy atom. The second-order valence-electron chi connectivity index (χ2n) is 4.11. The van der Waals surface area contributed by atoms with Crippen molar-refractivity contribution in [3.8, 4) is 0 Å². The van der Waals surface area contributed by atoms with Gasteiger partial charge >= 0.3 is 142 Å². The van der Waals surface area contributed by atoms with Gasteiger partial charge < -0.3 is 0 Å². The summed E-state index contributed by atoms with van der Waals surface area (Å²) in [5.74, 6) is -1.44. The molecule has 1 radical (unpaired) electrons. The van der Waals surface area contributed by atoms with Crippen LogP contribution in [0.2, 0.25) is 0 Å². The number of aliphatic carboxylic acids is 1. The number of carbonyl (C=O) groups excluding carboxylic acids is 2. The van der Waals surface area contributed by atoms with Gasteiger partial charge in [0.1, 0.15) is 0 Å². The van der Waals surface area contributed by atoms with Crippen molar-refractivity contribution in [3.05, 3.63) is 0 Å². The summed E-state index contributed by atoms with van der Waals surface area (Å²) in [6.07, 6.45) is 0.912. The van der Waals surface area contributed by atoms with Crippen molar-refractivity contribution in [3.63, 3.8) is 0 Å². The molecule has 4 N–H and O–H groups in total. The van der Waals surface area contributed by atoms with E-state index in [1.54, 1.807) is 7.05 Å². The molecule has 7 nitrogen and oxygen atoms in total. The van der Waals surface area contributed by atoms with Crippen LogP contribution >= 0.6 is 24.8 Å². The van der Waals surface area contributed by atoms with Crippen LogP contribution in [0.4, 0.5) is 0 Å². The first-order chi connectivity index (χ1) is 9.81. The number of rotatable bonds is 10. The molecule has 1 amide bonds. The molecule has 0 rings (SSSR count). The van der Waals surface area contributed by atoms with Gasteiger partial charge in [-0.05, 0) is 0 Å². The first-order valence-electron chi connectivity index (χ1n) is 6.09. The number of hydrogen-bond acceptors (Lipinski definition) is 6. The average Bonchev–Trinajstić information content (AvgIpc) is 2.42. The molecule has 0 aromatic heterocycles. The molecule has 0 bridgehead atoms. The van der Waals surface area contributed by atoms with Gasteiger partial charge in [-0.25, -0.2) is 0 Å². The van der Waals surface area contributed by atoms with Crippen molar-refractivity contribution < 1.29 is 19.5 Å². The zero-order chi connectivity index (χ0) is 16.4. The summed E-state index contributed by atoms with van der Waals surface area (Å²) in [5, 5.41) is 16.4. The van der Waals surface area contributed by atoms with Gasteiger partial charge in [-0.3, -0.25) is 0 Å². The second kappa shape index (κ2) is 11.0. The molecule has 0 saturated heterocycles. The monoisotopic (exact) mass is 400 g/mol. The van der Waals surface area contributed by atoms with E-state index in [0.29, 0.717) is 17.8 Å². The Morgan fingerprint density at radius 2 is 1.95 bits per heavy atom. The molecule has 21 heavy (non-hydrogen) atoms. The van der Waals surface area contributed by atoms with Crippen LogP contribution in [-0.2, 0) is 14.4 Å². The summed E-state index contributed by atoms with van der Waals surface area (Å²) in [6, 6.07) is -1.04. The zero-order valence-corrected chi connectivity index (χ0v) is 14.8. The normalized spacial score (nSPS) is 13.0. The Labute approximate surface area is 142 Å². The summed E-state index contributed by atoms with van der Waals surface area (Å²) in [6.45, 7) is -0.459. The van der Waals surface area contributed by atoms with Gasteiger partial charge in [-0.1, -0.05) is 0 Å². The van der Waals surface area contributed by atoms with Crippen LogP contribution in [0.15, 0.2) is 0 Å². The van der Waals surface area contributed by atoms with Gasteiger partial charge in [-0.15, -0.1) is 0 Å². The number of carboxylic acids is 1. The van der Waals surface area contributed by atoms with Crippen LogP contribution in [0.25, 0.3) is 0 Å². The number of thiocarbonyl (C=S) groups is 1. The number of hydrogen-bond donors (Lipinski definition) is 5. The maximum atomic E-state index is 11.7. The van der Waals surface area contributed by atoms with E-state index in [2.05, 4.69) is 44.6 Å². The zero-order valence-electron chi connectivity index (χ0n) is 11.4. The molecule has 0 spiro atoms. The molecule has 0 aliphatic heterocycles. The van der Waals surface area contributed by atoms with Crippen molar-refractivity contribution in [2.24, 2.45) is 0 Å². The standard InChI is InChI=1S/C11H18N3O4S2Se/c1-12-6(11(18)21)2-3-8(20)14-7(5-19)10(17)13-4-9(15)16/h6-7,12,19H,2-5H2,1H3,(H,13,17)(H,14,20)(H,15,16)/t6-,7-/m0/s1. The fourth-order valence-electron chi connectivity index (χ4n) is 1.40. The van der Waals surface area contributed by atoms with Crippen LogP contribution in [-0.4, -0.2) is 74.1 Å². The van der Waals surface area contributed by atoms with Crippen LogP contribution < -0.4 is 16.0 Å². The molecule has 0 heterocycles. The number of carboxylic acid groups (broad SMARTS) is 1. The van der Waals surface area contributed by atoms with Gasteiger partial charge in [0.25, 0.3) is 0 Å². The van der Waals surface area contributed by atoms with E-state index in [-0.39, 0.29) is 16.5 Å². The summed E-state index contributed by atoms with van der Waals surface area (Å²) in [7, 11) is 1.67. The van der Waals surface area contributed by atoms with Crippen molar-refractivity contribution in [2.75, 3.05) is 19.3 Å². The SMILES string of the molecule is CN[C@@H](CCC(=S)N[C@@H](CS)C(=O)NCC(=O)O)C(=O)[Se]. The van der Waals surface area contributed by atoms with Crippen molar-refractivity contribution in [1.29, 1.82) is 0 Å². The number of thiol groups is 1. The average molecular weight is 399 g/mol. The van der Waals surface area contributed by atoms with Gasteiger partial charge in [-0.2, -0.15) is 0 Å². The van der Waals surface area contributed by atoms with Gasteiger partial charge in [0, 0.05) is 0 Å². The van der Waals surface area contributed by atoms with E-state index in [4.69, 9.17) is 17.3 Å². The third-order valence-corrected chi connectivity index (χ3v) is 3.83. The van der Waals surface area contributed by atoms with Crippen LogP contribution in [0, 0.1) is 0 Å². The van der Waals surface area contributed by atoms with Gasteiger partial charge in [0.2, 0.25) is 0 Å². The van der Waals surface area contributed by atoms with E-state index < -0.39 is 24.5 Å². The third kappa shape index (κ3) is 9.05. The Bertz CT molecular complexity index is 409. The first-order valence-corrected chi connectivity index (χ1v) is 7.99. The topological polar surface area (TPSA) is 108 Å². The summed E-state index contributed by atoms with van der Waals surface area (Å²) in [4.78, 5) is 33.7. The fraction of sp³-hybridized carbons (Fsp3) is 0.636. The number of amides is 1. The Hall–Kier alpha value is -0.671. The summed E-state index contributed by atoms with van der Waals surface area (Å²) < 4.78 is -0.106. The van der Waals surface area contributed by atoms with Crippen LogP contribution in [0.1, 0.15) is 12.8 Å². The van der Waals surface area contributed by atoms with Gasteiger partial charge in [0.05, 0.1) is 0 Å². The number of nitrogens with one attached hydrogen (secondary N) is 3. The fourth-order valence-corrected chi connectivity index (χ4v) is 2.41. The van der Waals surface area contributed by atoms with Crippen LogP contribution in [0.3, 0.4) is 0 Å². The minimum absolute atomic E-state index is 0.106. The first kappa shape index (κ1) is 20.3. The van der Waals surface area contributed by atoms with Crippen molar-refractivity contribution in [1.82, 2.24) is 16.0 Å². The second-order valence-corrected chi connectivity index (χ2v) is 5.82. The van der Waals surface area contributed by atoms with Crippen molar-refractivity contribution in [2.45, 2.75) is 24.9 Å². The molecule has 10 heteroatoms. The molecular weight excluding hydrogens is 381 g/mol. The van der Waals surface area contributed by atoms with Gasteiger partial charge in [0.15, 0.2) is 0 Å². The summed E-state index contributed by atoms with van der Waals surface area (Å²) in [5.41, 5.74) is 0. The van der Waals surface area contributed by atoms with E-state index in [1.807, 2.05) is 0 Å². The van der Waals surface area contributed by atoms with E-state index in [1.165, 1.54) is 0 Å². The maximum absolute atomic E-state index is 11.7. The molecule has 0 aliphatic rings. The molecule has 2 atom stereocenters. The Kier molecular flexibility index (Phi) is 10.6. The molecule has 0 fully saturated rings. The third-order valence-electron chi connectivity index (χ3n) is 2.54. The molecule has 0 unspecified atom stereocenters. The van der Waals surface area contributed by atoms with Crippen molar-refractivity contribution >= 4 is 62.4 Å². The quantitative estimate of drug-likeness (QED) is 0.172. The predicted octanol–water partition coefficient (Wildman–Crippen LogP) is -1.53. The van der Waals surface area contributed by atoms with E-state index >= 15 is 0 Å². The number of carbonyl (C=O) groups is 3. The van der Waals surface area contributed by atoms with Crippen LogP contribution in [0.5, 0.6) is 0 Å². The predicted molar refractivity (Wildman–Crippen MR) is 86.9 cm³/mol. The van der Waals surface area contributed by atoms with E-state index in [0.717, 1.165) is 0 Å². The molecule has 0 saturated carbocycles. The summed E-state index contributed by atoms with van der Waals surface area (Å²) >= 11 is 11.6. The molecular formula is C11H18N3O4S2Se. The Morgan fingerprint density at radius 3 is 2.38 bits per heavy atom. The molecule has 0 aromatic rings.